The molecule has 8 bridgehead atoms. The summed E-state index contributed by atoms with van der Waals surface area (Å²) in [7, 11) is 0. The lowest BCUT2D eigenvalue weighted by Gasteiger charge is -2.51. The second kappa shape index (κ2) is 8.51. The number of hydrogen-bond acceptors (Lipinski definition) is 8. The van der Waals surface area contributed by atoms with E-state index in [4.69, 9.17) is 0 Å². The molecule has 0 radical (unpaired) electrons. The van der Waals surface area contributed by atoms with Crippen LogP contribution in [0.3, 0.4) is 0 Å². The van der Waals surface area contributed by atoms with Gasteiger partial charge in [0, 0.05) is 0 Å². The molecule has 0 aromatic carbocycles. The van der Waals surface area contributed by atoms with E-state index < -0.39 is 0 Å². The second-order valence-electron chi connectivity index (χ2n) is 12.6. The highest BCUT2D eigenvalue weighted by Gasteiger charge is 2.49. The molecule has 8 heteroatoms. The average Bonchev–Trinajstić information content (AvgIpc) is 3.57. The standard InChI is InChI=1S/C28H28S8/c1-11-3-15-5-12(1)6-16(4-11)19(15)21-29-23-24(30-21)34-27(33-23)28-35-25-26(36-28)32-22(31-25)20-17-7-13-2-14(9-17)10-18(20)8-13/h11-18H,1-10H2. The van der Waals surface area contributed by atoms with Gasteiger partial charge in [0.1, 0.15) is 0 Å². The van der Waals surface area contributed by atoms with Gasteiger partial charge in [-0.25, -0.2) is 0 Å². The fraction of sp³-hybridized carbons (Fsp3) is 0.643. The minimum Gasteiger partial charge on any atom is -0.0736 e. The Morgan fingerprint density at radius 2 is 0.500 bits per heavy atom. The van der Waals surface area contributed by atoms with Crippen LogP contribution in [0.4, 0.5) is 0 Å². The molecule has 12 aliphatic rings. The largest absolute Gasteiger partial charge is 0.0736 e. The first-order valence-corrected chi connectivity index (χ1v) is 20.4. The van der Waals surface area contributed by atoms with Crippen molar-refractivity contribution in [1.29, 1.82) is 0 Å². The van der Waals surface area contributed by atoms with E-state index in [1.54, 1.807) is 46.7 Å². The molecule has 4 aliphatic heterocycles. The summed E-state index contributed by atoms with van der Waals surface area (Å²) in [6.07, 6.45) is 15.2. The van der Waals surface area contributed by atoms with Gasteiger partial charge >= 0.3 is 0 Å². The highest BCUT2D eigenvalue weighted by Crippen LogP contribution is 2.75. The number of thioether (sulfide) groups is 8. The highest BCUT2D eigenvalue weighted by molar-refractivity contribution is 8.51. The van der Waals surface area contributed by atoms with Crippen LogP contribution in [0.2, 0.25) is 0 Å². The molecule has 0 N–H and O–H groups in total. The fourth-order valence-corrected chi connectivity index (χ4v) is 23.4. The van der Waals surface area contributed by atoms with Gasteiger partial charge in [-0.05, 0) is 123 Å². The maximum Gasteiger partial charge on any atom is 0.0718 e. The quantitative estimate of drug-likeness (QED) is 0.259. The van der Waals surface area contributed by atoms with Crippen molar-refractivity contribution < 1.29 is 0 Å². The Hall–Kier alpha value is 1.50. The van der Waals surface area contributed by atoms with E-state index in [1.807, 2.05) is 11.1 Å². The third kappa shape index (κ3) is 3.52. The van der Waals surface area contributed by atoms with Crippen LogP contribution in [0.25, 0.3) is 0 Å². The average molecular weight is 621 g/mol. The molecular formula is C28H28S8. The summed E-state index contributed by atoms with van der Waals surface area (Å²) < 4.78 is 13.0. The minimum atomic E-state index is 0.934. The summed E-state index contributed by atoms with van der Waals surface area (Å²) in [4.78, 5) is 0. The van der Waals surface area contributed by atoms with E-state index >= 15 is 0 Å². The molecule has 0 atom stereocenters. The summed E-state index contributed by atoms with van der Waals surface area (Å²) in [5.41, 5.74) is 3.82. The van der Waals surface area contributed by atoms with Crippen LogP contribution in [0.1, 0.15) is 64.2 Å². The molecule has 4 heterocycles. The van der Waals surface area contributed by atoms with Gasteiger partial charge in [-0.1, -0.05) is 94.1 Å². The van der Waals surface area contributed by atoms with E-state index in [0.717, 1.165) is 47.3 Å². The predicted octanol–water partition coefficient (Wildman–Crippen LogP) is 11.6. The van der Waals surface area contributed by atoms with Gasteiger partial charge in [-0.2, -0.15) is 0 Å². The minimum absolute atomic E-state index is 0.934. The van der Waals surface area contributed by atoms with E-state index in [0.29, 0.717) is 0 Å². The first-order chi connectivity index (χ1) is 17.7. The molecule has 0 aromatic heterocycles. The Balaban J connectivity index is 0.844. The Labute approximate surface area is 248 Å². The second-order valence-corrected chi connectivity index (χ2v) is 22.9. The molecular weight excluding hydrogens is 593 g/mol. The van der Waals surface area contributed by atoms with Gasteiger partial charge in [0.15, 0.2) is 0 Å². The van der Waals surface area contributed by atoms with Gasteiger partial charge in [-0.15, -0.1) is 0 Å². The predicted molar refractivity (Wildman–Crippen MR) is 170 cm³/mol. The number of rotatable bonds is 0. The molecule has 188 valence electrons. The van der Waals surface area contributed by atoms with Crippen molar-refractivity contribution in [3.63, 3.8) is 0 Å². The van der Waals surface area contributed by atoms with E-state index in [-0.39, 0.29) is 0 Å². The summed E-state index contributed by atoms with van der Waals surface area (Å²) >= 11 is 17.0. The lowest BCUT2D eigenvalue weighted by Crippen LogP contribution is -2.40. The van der Waals surface area contributed by atoms with Crippen molar-refractivity contribution in [2.24, 2.45) is 47.3 Å². The SMILES string of the molecule is C1C2CC3CC1CC(C2)C3=C1SC2=C(SC(=C3SC4=C(S3)SC(=C3C5CC6CC(C5)CC3C6)S4)S2)S1. The third-order valence-corrected chi connectivity index (χ3v) is 22.4. The Bertz CT molecular complexity index is 1060. The van der Waals surface area contributed by atoms with Gasteiger partial charge < -0.3 is 0 Å². The van der Waals surface area contributed by atoms with Crippen LogP contribution in [0.15, 0.2) is 45.0 Å². The van der Waals surface area contributed by atoms with Crippen molar-refractivity contribution in [3.05, 3.63) is 45.0 Å². The van der Waals surface area contributed by atoms with Gasteiger partial charge in [0.05, 0.1) is 33.9 Å². The molecule has 12 rings (SSSR count). The molecule has 36 heavy (non-hydrogen) atoms. The third-order valence-electron chi connectivity index (χ3n) is 10.5. The van der Waals surface area contributed by atoms with E-state index in [1.165, 1.54) is 51.4 Å². The van der Waals surface area contributed by atoms with Crippen molar-refractivity contribution >= 4 is 94.1 Å². The van der Waals surface area contributed by atoms with Gasteiger partial charge in [0.2, 0.25) is 0 Å². The first-order valence-electron chi connectivity index (χ1n) is 13.8. The maximum atomic E-state index is 2.16. The lowest BCUT2D eigenvalue weighted by atomic mass is 9.54. The zero-order valence-corrected chi connectivity index (χ0v) is 26.5. The Kier molecular flexibility index (Phi) is 5.46. The summed E-state index contributed by atoms with van der Waals surface area (Å²) in [5, 5.41) is 0. The summed E-state index contributed by atoms with van der Waals surface area (Å²) in [5.74, 6) is 7.99. The van der Waals surface area contributed by atoms with Crippen LogP contribution in [-0.4, -0.2) is 0 Å². The van der Waals surface area contributed by atoms with Crippen molar-refractivity contribution in [2.75, 3.05) is 0 Å². The normalized spacial score (nSPS) is 46.0. The molecule has 0 unspecified atom stereocenters. The molecule has 8 saturated carbocycles. The highest BCUT2D eigenvalue weighted by atomic mass is 32.3. The fourth-order valence-electron chi connectivity index (χ4n) is 9.63. The molecule has 0 amide bonds. The Morgan fingerprint density at radius 1 is 0.278 bits per heavy atom. The summed E-state index contributed by atoms with van der Waals surface area (Å²) in [6.45, 7) is 0. The maximum absolute atomic E-state index is 2.16. The lowest BCUT2D eigenvalue weighted by molar-refractivity contribution is 0.0697. The molecule has 0 spiro atoms. The summed E-state index contributed by atoms with van der Waals surface area (Å²) in [6, 6.07) is 0. The van der Waals surface area contributed by atoms with Gasteiger partial charge in [-0.3, -0.25) is 0 Å². The van der Waals surface area contributed by atoms with Crippen LogP contribution in [0.5, 0.6) is 0 Å². The van der Waals surface area contributed by atoms with Crippen molar-refractivity contribution in [3.8, 4) is 0 Å². The Morgan fingerprint density at radius 3 is 0.750 bits per heavy atom. The van der Waals surface area contributed by atoms with E-state index in [9.17, 15) is 0 Å². The molecule has 0 aromatic rings. The zero-order chi connectivity index (χ0) is 23.1. The molecule has 8 aliphatic carbocycles. The topological polar surface area (TPSA) is 0 Å². The van der Waals surface area contributed by atoms with E-state index in [2.05, 4.69) is 94.1 Å². The molecule has 0 saturated heterocycles. The molecule has 0 nitrogen and oxygen atoms in total. The zero-order valence-electron chi connectivity index (χ0n) is 20.0. The van der Waals surface area contributed by atoms with Crippen LogP contribution in [0, 0.1) is 47.3 Å². The number of hydrogen-bond donors (Lipinski definition) is 0. The van der Waals surface area contributed by atoms with Crippen LogP contribution < -0.4 is 0 Å². The van der Waals surface area contributed by atoms with Crippen LogP contribution >= 0.6 is 94.1 Å². The van der Waals surface area contributed by atoms with Crippen LogP contribution in [-0.2, 0) is 0 Å². The molecule has 8 fully saturated rings. The van der Waals surface area contributed by atoms with Crippen molar-refractivity contribution in [2.45, 2.75) is 64.2 Å². The number of allylic oxidation sites excluding steroid dienone is 2. The first kappa shape index (κ1) is 23.1. The van der Waals surface area contributed by atoms with Crippen molar-refractivity contribution in [1.82, 2.24) is 0 Å². The monoisotopic (exact) mass is 620 g/mol. The smallest absolute Gasteiger partial charge is 0.0718 e. The van der Waals surface area contributed by atoms with Gasteiger partial charge in [0.25, 0.3) is 0 Å².